The van der Waals surface area contributed by atoms with Gasteiger partial charge in [0.1, 0.15) is 4.83 Å². The lowest BCUT2D eigenvalue weighted by atomic mass is 10.0. The molecule has 2 aromatic carbocycles. The maximum absolute atomic E-state index is 13.7. The molecule has 0 amide bonds. The number of nitrogens with zero attached hydrogens (tertiary/aromatic N) is 2. The number of fused-ring (bicyclic) bond motifs is 1. The summed E-state index contributed by atoms with van der Waals surface area (Å²) in [5.41, 5.74) is 3.94. The van der Waals surface area contributed by atoms with Gasteiger partial charge >= 0.3 is 5.97 Å². The standard InChI is InChI=1S/C24H22N2O3S2/c1-3-29-20(27)15-31-24-25-22-21(19(14-30-22)18-12-8-7-9-16(18)2)23(28)26(24)13-17-10-5-4-6-11-17/h4-12,14H,3,13,15H2,1-2H3. The Labute approximate surface area is 188 Å². The summed E-state index contributed by atoms with van der Waals surface area (Å²) in [6.45, 7) is 4.53. The number of rotatable bonds is 7. The molecule has 0 aliphatic carbocycles. The number of ether oxygens (including phenoxy) is 1. The Morgan fingerprint density at radius 1 is 1.10 bits per heavy atom. The molecular formula is C24H22N2O3S2. The number of esters is 1. The van der Waals surface area contributed by atoms with E-state index in [-0.39, 0.29) is 17.3 Å². The third-order valence-electron chi connectivity index (χ3n) is 4.90. The van der Waals surface area contributed by atoms with Crippen molar-refractivity contribution in [2.24, 2.45) is 0 Å². The van der Waals surface area contributed by atoms with Crippen molar-refractivity contribution >= 4 is 39.3 Å². The van der Waals surface area contributed by atoms with Gasteiger partial charge in [0.25, 0.3) is 5.56 Å². The average Bonchev–Trinajstić information content (AvgIpc) is 3.20. The second-order valence-electron chi connectivity index (χ2n) is 7.01. The number of benzene rings is 2. The van der Waals surface area contributed by atoms with Crippen molar-refractivity contribution in [3.63, 3.8) is 0 Å². The van der Waals surface area contributed by atoms with Crippen LogP contribution in [-0.2, 0) is 16.1 Å². The minimum atomic E-state index is -0.320. The van der Waals surface area contributed by atoms with Gasteiger partial charge in [0.15, 0.2) is 5.16 Å². The van der Waals surface area contributed by atoms with Gasteiger partial charge in [-0.15, -0.1) is 11.3 Å². The zero-order chi connectivity index (χ0) is 21.8. The van der Waals surface area contributed by atoms with Gasteiger partial charge in [-0.05, 0) is 30.5 Å². The first-order chi connectivity index (χ1) is 15.1. The fraction of sp³-hybridized carbons (Fsp3) is 0.208. The minimum absolute atomic E-state index is 0.0975. The van der Waals surface area contributed by atoms with Crippen molar-refractivity contribution in [1.29, 1.82) is 0 Å². The van der Waals surface area contributed by atoms with Crippen LogP contribution in [0.4, 0.5) is 0 Å². The van der Waals surface area contributed by atoms with E-state index in [1.54, 1.807) is 11.5 Å². The first kappa shape index (κ1) is 21.3. The van der Waals surface area contributed by atoms with Crippen LogP contribution in [0.5, 0.6) is 0 Å². The summed E-state index contributed by atoms with van der Waals surface area (Å²) in [7, 11) is 0. The van der Waals surface area contributed by atoms with E-state index in [1.165, 1.54) is 23.1 Å². The van der Waals surface area contributed by atoms with Crippen LogP contribution >= 0.6 is 23.1 Å². The zero-order valence-electron chi connectivity index (χ0n) is 17.3. The van der Waals surface area contributed by atoms with Gasteiger partial charge in [-0.2, -0.15) is 0 Å². The number of carbonyl (C=O) groups excluding carboxylic acids is 1. The summed E-state index contributed by atoms with van der Waals surface area (Å²) in [6, 6.07) is 17.8. The number of hydrogen-bond donors (Lipinski definition) is 0. The molecule has 2 heterocycles. The first-order valence-corrected chi connectivity index (χ1v) is 11.9. The maximum atomic E-state index is 13.7. The highest BCUT2D eigenvalue weighted by atomic mass is 32.2. The molecule has 0 N–H and O–H groups in total. The van der Waals surface area contributed by atoms with Crippen molar-refractivity contribution in [2.75, 3.05) is 12.4 Å². The molecule has 7 heteroatoms. The Hall–Kier alpha value is -2.90. The summed E-state index contributed by atoms with van der Waals surface area (Å²) < 4.78 is 6.71. The Bertz CT molecular complexity index is 1280. The molecule has 5 nitrogen and oxygen atoms in total. The van der Waals surface area contributed by atoms with Crippen LogP contribution < -0.4 is 5.56 Å². The molecule has 2 aromatic heterocycles. The topological polar surface area (TPSA) is 61.2 Å². The van der Waals surface area contributed by atoms with E-state index in [4.69, 9.17) is 9.72 Å². The van der Waals surface area contributed by atoms with Crippen molar-refractivity contribution in [2.45, 2.75) is 25.5 Å². The van der Waals surface area contributed by atoms with E-state index in [9.17, 15) is 9.59 Å². The molecule has 0 bridgehead atoms. The summed E-state index contributed by atoms with van der Waals surface area (Å²) in [5.74, 6) is -0.212. The molecule has 4 rings (SSSR count). The van der Waals surface area contributed by atoms with Gasteiger partial charge in [0.05, 0.1) is 24.3 Å². The Morgan fingerprint density at radius 3 is 2.58 bits per heavy atom. The van der Waals surface area contributed by atoms with E-state index in [0.717, 1.165) is 22.3 Å². The molecule has 158 valence electrons. The molecule has 31 heavy (non-hydrogen) atoms. The molecule has 0 radical (unpaired) electrons. The Kier molecular flexibility index (Phi) is 6.53. The highest BCUT2D eigenvalue weighted by Gasteiger charge is 2.19. The second-order valence-corrected chi connectivity index (χ2v) is 8.81. The number of thiophene rings is 1. The van der Waals surface area contributed by atoms with Crippen LogP contribution in [0.1, 0.15) is 18.1 Å². The fourth-order valence-corrected chi connectivity index (χ4v) is 5.20. The van der Waals surface area contributed by atoms with Crippen LogP contribution in [0.25, 0.3) is 21.3 Å². The SMILES string of the molecule is CCOC(=O)CSc1nc2scc(-c3ccccc3C)c2c(=O)n1Cc1ccccc1. The van der Waals surface area contributed by atoms with Crippen molar-refractivity contribution in [3.8, 4) is 11.1 Å². The van der Waals surface area contributed by atoms with Crippen molar-refractivity contribution < 1.29 is 9.53 Å². The number of hydrogen-bond acceptors (Lipinski definition) is 6. The van der Waals surface area contributed by atoms with Crippen LogP contribution in [0, 0.1) is 6.92 Å². The Morgan fingerprint density at radius 2 is 1.84 bits per heavy atom. The summed E-state index contributed by atoms with van der Waals surface area (Å²) >= 11 is 2.69. The summed E-state index contributed by atoms with van der Waals surface area (Å²) in [4.78, 5) is 31.1. The summed E-state index contributed by atoms with van der Waals surface area (Å²) in [6.07, 6.45) is 0. The van der Waals surface area contributed by atoms with Gasteiger partial charge < -0.3 is 4.74 Å². The molecule has 0 saturated heterocycles. The minimum Gasteiger partial charge on any atom is -0.465 e. The molecule has 0 fully saturated rings. The lowest BCUT2D eigenvalue weighted by molar-refractivity contribution is -0.139. The van der Waals surface area contributed by atoms with Crippen molar-refractivity contribution in [3.05, 3.63) is 81.5 Å². The van der Waals surface area contributed by atoms with E-state index >= 15 is 0 Å². The summed E-state index contributed by atoms with van der Waals surface area (Å²) in [5, 5.41) is 3.14. The van der Waals surface area contributed by atoms with Crippen LogP contribution in [0.3, 0.4) is 0 Å². The van der Waals surface area contributed by atoms with E-state index in [1.807, 2.05) is 66.9 Å². The second kappa shape index (κ2) is 9.49. The van der Waals surface area contributed by atoms with Crippen LogP contribution in [0.2, 0.25) is 0 Å². The highest BCUT2D eigenvalue weighted by Crippen LogP contribution is 2.34. The van der Waals surface area contributed by atoms with E-state index < -0.39 is 0 Å². The normalized spacial score (nSPS) is 11.0. The third-order valence-corrected chi connectivity index (χ3v) is 6.72. The Balaban J connectivity index is 1.84. The van der Waals surface area contributed by atoms with Gasteiger partial charge in [-0.3, -0.25) is 14.2 Å². The zero-order valence-corrected chi connectivity index (χ0v) is 19.0. The van der Waals surface area contributed by atoms with Gasteiger partial charge in [-0.25, -0.2) is 4.98 Å². The van der Waals surface area contributed by atoms with E-state index in [2.05, 4.69) is 0 Å². The maximum Gasteiger partial charge on any atom is 0.316 e. The molecule has 4 aromatic rings. The average molecular weight is 451 g/mol. The molecule has 0 aliphatic heterocycles. The molecule has 0 atom stereocenters. The number of carbonyl (C=O) groups is 1. The lowest BCUT2D eigenvalue weighted by Gasteiger charge is -2.13. The van der Waals surface area contributed by atoms with Gasteiger partial charge in [0.2, 0.25) is 0 Å². The molecule has 0 unspecified atom stereocenters. The third kappa shape index (κ3) is 4.57. The fourth-order valence-electron chi connectivity index (χ4n) is 3.42. The first-order valence-electron chi connectivity index (χ1n) is 9.99. The highest BCUT2D eigenvalue weighted by molar-refractivity contribution is 7.99. The van der Waals surface area contributed by atoms with Gasteiger partial charge in [0, 0.05) is 10.9 Å². The molecule has 0 aliphatic rings. The number of aryl methyl sites for hydroxylation is 1. The lowest BCUT2D eigenvalue weighted by Crippen LogP contribution is -2.24. The van der Waals surface area contributed by atoms with Crippen LogP contribution in [0.15, 0.2) is 69.9 Å². The van der Waals surface area contributed by atoms with Crippen LogP contribution in [-0.4, -0.2) is 27.9 Å². The largest absolute Gasteiger partial charge is 0.465 e. The quantitative estimate of drug-likeness (QED) is 0.222. The molecular weight excluding hydrogens is 428 g/mol. The smallest absolute Gasteiger partial charge is 0.316 e. The number of thioether (sulfide) groups is 1. The van der Waals surface area contributed by atoms with Gasteiger partial charge in [-0.1, -0.05) is 66.4 Å². The monoisotopic (exact) mass is 450 g/mol. The predicted octanol–water partition coefficient (Wildman–Crippen LogP) is 5.14. The van der Waals surface area contributed by atoms with Crippen molar-refractivity contribution in [1.82, 2.24) is 9.55 Å². The molecule has 0 saturated carbocycles. The molecule has 0 spiro atoms. The van der Waals surface area contributed by atoms with E-state index in [0.29, 0.717) is 28.5 Å². The number of aromatic nitrogens is 2. The predicted molar refractivity (Wildman–Crippen MR) is 127 cm³/mol.